The van der Waals surface area contributed by atoms with E-state index in [0.29, 0.717) is 17.1 Å². The van der Waals surface area contributed by atoms with Crippen molar-refractivity contribution >= 4 is 0 Å². The van der Waals surface area contributed by atoms with Crippen molar-refractivity contribution in [1.82, 2.24) is 5.16 Å². The van der Waals surface area contributed by atoms with E-state index in [9.17, 15) is 4.79 Å². The van der Waals surface area contributed by atoms with E-state index in [0.717, 1.165) is 5.56 Å². The lowest BCUT2D eigenvalue weighted by Gasteiger charge is -2.07. The number of H-pyrrole nitrogens is 1. The lowest BCUT2D eigenvalue weighted by atomic mass is 10.00. The topological polar surface area (TPSA) is 55.2 Å². The fraction of sp³-hybridized carbons (Fsp3) is 0.308. The van der Waals surface area contributed by atoms with Gasteiger partial charge in [-0.1, -0.05) is 26.0 Å². The number of hydrogen-bond acceptors (Lipinski definition) is 3. The van der Waals surface area contributed by atoms with Gasteiger partial charge in [0.15, 0.2) is 5.76 Å². The van der Waals surface area contributed by atoms with Crippen molar-refractivity contribution in [3.63, 3.8) is 0 Å². The Morgan fingerprint density at radius 2 is 2.00 bits per heavy atom. The van der Waals surface area contributed by atoms with Crippen LogP contribution in [0.25, 0.3) is 11.3 Å². The SMILES string of the molecule is COc1ccccc1-c1o[nH]c(=O)c1C(C)C. The molecule has 4 heteroatoms. The molecule has 0 aliphatic carbocycles. The third-order valence-electron chi connectivity index (χ3n) is 2.66. The van der Waals surface area contributed by atoms with Gasteiger partial charge in [0.05, 0.1) is 18.2 Å². The van der Waals surface area contributed by atoms with Crippen molar-refractivity contribution in [3.8, 4) is 17.1 Å². The number of ether oxygens (including phenoxy) is 1. The fourth-order valence-corrected chi connectivity index (χ4v) is 1.87. The molecule has 0 atom stereocenters. The highest BCUT2D eigenvalue weighted by Gasteiger charge is 2.20. The molecule has 0 unspecified atom stereocenters. The Balaban J connectivity index is 2.65. The summed E-state index contributed by atoms with van der Waals surface area (Å²) < 4.78 is 10.5. The van der Waals surface area contributed by atoms with Gasteiger partial charge in [-0.2, -0.15) is 5.16 Å². The fourth-order valence-electron chi connectivity index (χ4n) is 1.87. The first-order chi connectivity index (χ1) is 8.15. The Bertz CT molecular complexity index is 566. The number of para-hydroxylation sites is 1. The summed E-state index contributed by atoms with van der Waals surface area (Å²) in [5.74, 6) is 1.34. The number of aromatic amines is 1. The van der Waals surface area contributed by atoms with Gasteiger partial charge in [0, 0.05) is 0 Å². The van der Waals surface area contributed by atoms with E-state index < -0.39 is 0 Å². The number of hydrogen-bond donors (Lipinski definition) is 1. The third-order valence-corrected chi connectivity index (χ3v) is 2.66. The maximum Gasteiger partial charge on any atom is 0.283 e. The molecule has 1 N–H and O–H groups in total. The highest BCUT2D eigenvalue weighted by atomic mass is 16.5. The third kappa shape index (κ3) is 1.98. The molecule has 0 fully saturated rings. The highest BCUT2D eigenvalue weighted by Crippen LogP contribution is 2.33. The standard InChI is InChI=1S/C13H15NO3/c1-8(2)11-12(17-14-13(11)15)9-6-4-5-7-10(9)16-3/h4-8H,1-3H3,(H,14,15). The number of methoxy groups -OCH3 is 1. The summed E-state index contributed by atoms with van der Waals surface area (Å²) in [7, 11) is 1.60. The van der Waals surface area contributed by atoms with Crippen LogP contribution >= 0.6 is 0 Å². The normalized spacial score (nSPS) is 10.8. The Hall–Kier alpha value is -1.97. The van der Waals surface area contributed by atoms with Gasteiger partial charge in [0.2, 0.25) is 0 Å². The summed E-state index contributed by atoms with van der Waals surface area (Å²) in [5.41, 5.74) is 1.26. The monoisotopic (exact) mass is 233 g/mol. The number of aromatic nitrogens is 1. The first-order valence-corrected chi connectivity index (χ1v) is 5.50. The Kier molecular flexibility index (Phi) is 3.04. The second-order valence-corrected chi connectivity index (χ2v) is 4.13. The van der Waals surface area contributed by atoms with E-state index in [2.05, 4.69) is 5.16 Å². The molecule has 0 saturated heterocycles. The summed E-state index contributed by atoms with van der Waals surface area (Å²) in [6.45, 7) is 3.91. The van der Waals surface area contributed by atoms with Crippen molar-refractivity contribution in [3.05, 3.63) is 40.2 Å². The van der Waals surface area contributed by atoms with Crippen molar-refractivity contribution in [2.24, 2.45) is 0 Å². The minimum absolute atomic E-state index is 0.0948. The Morgan fingerprint density at radius 3 is 2.65 bits per heavy atom. The zero-order chi connectivity index (χ0) is 12.4. The molecule has 90 valence electrons. The molecule has 0 aliphatic rings. The molecule has 0 spiro atoms. The second kappa shape index (κ2) is 4.49. The van der Waals surface area contributed by atoms with E-state index >= 15 is 0 Å². The predicted molar refractivity (Wildman–Crippen MR) is 65.4 cm³/mol. The average Bonchev–Trinajstić information content (AvgIpc) is 2.71. The quantitative estimate of drug-likeness (QED) is 0.886. The minimum atomic E-state index is -0.180. The van der Waals surface area contributed by atoms with Gasteiger partial charge in [0.25, 0.3) is 5.56 Å². The van der Waals surface area contributed by atoms with Crippen molar-refractivity contribution in [1.29, 1.82) is 0 Å². The van der Waals surface area contributed by atoms with Gasteiger partial charge < -0.3 is 9.26 Å². The molecule has 1 heterocycles. The Labute approximate surface area is 99.2 Å². The maximum absolute atomic E-state index is 11.7. The van der Waals surface area contributed by atoms with Crippen LogP contribution in [0, 0.1) is 0 Å². The zero-order valence-corrected chi connectivity index (χ0v) is 10.1. The van der Waals surface area contributed by atoms with Crippen LogP contribution < -0.4 is 10.3 Å². The largest absolute Gasteiger partial charge is 0.496 e. The van der Waals surface area contributed by atoms with Crippen molar-refractivity contribution < 1.29 is 9.26 Å². The summed E-state index contributed by atoms with van der Waals surface area (Å²) in [5, 5.41) is 2.38. The van der Waals surface area contributed by atoms with Crippen LogP contribution in [0.4, 0.5) is 0 Å². The minimum Gasteiger partial charge on any atom is -0.496 e. The lowest BCUT2D eigenvalue weighted by molar-refractivity contribution is 0.404. The molecule has 0 amide bonds. The van der Waals surface area contributed by atoms with E-state index in [1.807, 2.05) is 38.1 Å². The molecule has 0 bridgehead atoms. The van der Waals surface area contributed by atoms with Crippen LogP contribution in [0.5, 0.6) is 5.75 Å². The summed E-state index contributed by atoms with van der Waals surface area (Å²) >= 11 is 0. The van der Waals surface area contributed by atoms with Crippen LogP contribution in [-0.2, 0) is 0 Å². The van der Waals surface area contributed by atoms with Crippen LogP contribution in [0.2, 0.25) is 0 Å². The molecule has 0 saturated carbocycles. The molecule has 2 rings (SSSR count). The molecule has 17 heavy (non-hydrogen) atoms. The summed E-state index contributed by atoms with van der Waals surface area (Å²) in [6.07, 6.45) is 0. The molecule has 4 nitrogen and oxygen atoms in total. The van der Waals surface area contributed by atoms with Gasteiger partial charge in [-0.05, 0) is 18.1 Å². The molecule has 0 aliphatic heterocycles. The van der Waals surface area contributed by atoms with Gasteiger partial charge in [-0.25, -0.2) is 0 Å². The summed E-state index contributed by atoms with van der Waals surface area (Å²) in [4.78, 5) is 11.7. The number of benzene rings is 1. The van der Waals surface area contributed by atoms with E-state index in [1.165, 1.54) is 0 Å². The number of nitrogens with one attached hydrogen (secondary N) is 1. The highest BCUT2D eigenvalue weighted by molar-refractivity contribution is 5.68. The van der Waals surface area contributed by atoms with Gasteiger partial charge in [-0.3, -0.25) is 4.79 Å². The molecule has 2 aromatic rings. The number of rotatable bonds is 3. The smallest absolute Gasteiger partial charge is 0.283 e. The molecule has 1 aromatic carbocycles. The maximum atomic E-state index is 11.7. The van der Waals surface area contributed by atoms with E-state index in [1.54, 1.807) is 7.11 Å². The molecule has 0 radical (unpaired) electrons. The van der Waals surface area contributed by atoms with Crippen molar-refractivity contribution in [2.75, 3.05) is 7.11 Å². The second-order valence-electron chi connectivity index (χ2n) is 4.13. The molecular formula is C13H15NO3. The Morgan fingerprint density at radius 1 is 1.29 bits per heavy atom. The first-order valence-electron chi connectivity index (χ1n) is 5.50. The van der Waals surface area contributed by atoms with E-state index in [4.69, 9.17) is 9.26 Å². The average molecular weight is 233 g/mol. The van der Waals surface area contributed by atoms with Crippen LogP contribution in [0.1, 0.15) is 25.3 Å². The predicted octanol–water partition coefficient (Wildman–Crippen LogP) is 2.77. The summed E-state index contributed by atoms with van der Waals surface area (Å²) in [6, 6.07) is 7.47. The van der Waals surface area contributed by atoms with Gasteiger partial charge in [-0.15, -0.1) is 0 Å². The first kappa shape index (κ1) is 11.5. The van der Waals surface area contributed by atoms with Crippen LogP contribution in [0.3, 0.4) is 0 Å². The molecular weight excluding hydrogens is 218 g/mol. The molecule has 1 aromatic heterocycles. The zero-order valence-electron chi connectivity index (χ0n) is 10.1. The van der Waals surface area contributed by atoms with Gasteiger partial charge in [0.1, 0.15) is 5.75 Å². The van der Waals surface area contributed by atoms with Crippen LogP contribution in [0.15, 0.2) is 33.6 Å². The van der Waals surface area contributed by atoms with Gasteiger partial charge >= 0.3 is 0 Å². The van der Waals surface area contributed by atoms with Crippen LogP contribution in [-0.4, -0.2) is 12.3 Å². The van der Waals surface area contributed by atoms with Crippen molar-refractivity contribution in [2.45, 2.75) is 19.8 Å². The lowest BCUT2D eigenvalue weighted by Crippen LogP contribution is -2.07. The van der Waals surface area contributed by atoms with E-state index in [-0.39, 0.29) is 11.5 Å².